The fraction of sp³-hybridized carbons (Fsp3) is 0.133. The number of halogens is 1. The number of nitrogens with one attached hydrogen (secondary N) is 1. The van der Waals surface area contributed by atoms with E-state index in [0.717, 1.165) is 0 Å². The number of nitro benzene ring substituents is 1. The quantitative estimate of drug-likeness (QED) is 0.669. The molecule has 2 rings (SSSR count). The van der Waals surface area contributed by atoms with Gasteiger partial charge in [-0.1, -0.05) is 17.7 Å². The maximum Gasteiger partial charge on any atom is 0.271 e. The number of carbonyl (C=O) groups is 1. The standard InChI is InChI=1S/C15H13ClN2O4/c1-2-22-14-7-6-10(16)8-13(14)15(19)17-11-4-3-5-12(9-11)18(20)21/h3-9H,2H2,1H3,(H,17,19). The summed E-state index contributed by atoms with van der Waals surface area (Å²) in [7, 11) is 0. The Hall–Kier alpha value is -2.60. The Kier molecular flexibility index (Phi) is 4.95. The van der Waals surface area contributed by atoms with Crippen LogP contribution in [0.2, 0.25) is 5.02 Å². The van der Waals surface area contributed by atoms with E-state index >= 15 is 0 Å². The molecule has 0 aliphatic heterocycles. The second-order valence-corrected chi connectivity index (χ2v) is 4.77. The van der Waals surface area contributed by atoms with Gasteiger partial charge in [-0.25, -0.2) is 0 Å². The van der Waals surface area contributed by atoms with Gasteiger partial charge in [0.1, 0.15) is 5.75 Å². The zero-order valence-electron chi connectivity index (χ0n) is 11.7. The number of hydrogen-bond acceptors (Lipinski definition) is 4. The zero-order valence-corrected chi connectivity index (χ0v) is 12.5. The molecular weight excluding hydrogens is 308 g/mol. The summed E-state index contributed by atoms with van der Waals surface area (Å²) in [6.45, 7) is 2.20. The van der Waals surface area contributed by atoms with Gasteiger partial charge >= 0.3 is 0 Å². The van der Waals surface area contributed by atoms with Crippen molar-refractivity contribution in [2.24, 2.45) is 0 Å². The molecule has 1 N–H and O–H groups in total. The van der Waals surface area contributed by atoms with Crippen LogP contribution < -0.4 is 10.1 Å². The van der Waals surface area contributed by atoms with Crippen LogP contribution in [-0.4, -0.2) is 17.4 Å². The van der Waals surface area contributed by atoms with Crippen LogP contribution in [0.4, 0.5) is 11.4 Å². The Bertz CT molecular complexity index is 718. The molecule has 0 fully saturated rings. The van der Waals surface area contributed by atoms with E-state index in [2.05, 4.69) is 5.32 Å². The number of anilines is 1. The van der Waals surface area contributed by atoms with Crippen LogP contribution >= 0.6 is 11.6 Å². The molecule has 0 atom stereocenters. The number of carbonyl (C=O) groups excluding carboxylic acids is 1. The minimum absolute atomic E-state index is 0.103. The summed E-state index contributed by atoms with van der Waals surface area (Å²) in [6, 6.07) is 10.4. The Labute approximate surface area is 131 Å². The lowest BCUT2D eigenvalue weighted by atomic mass is 10.1. The highest BCUT2D eigenvalue weighted by molar-refractivity contribution is 6.31. The van der Waals surface area contributed by atoms with Crippen molar-refractivity contribution in [1.82, 2.24) is 0 Å². The van der Waals surface area contributed by atoms with E-state index in [0.29, 0.717) is 23.1 Å². The zero-order chi connectivity index (χ0) is 16.1. The summed E-state index contributed by atoms with van der Waals surface area (Å²) in [5.41, 5.74) is 0.483. The van der Waals surface area contributed by atoms with Gasteiger partial charge in [0, 0.05) is 22.8 Å². The van der Waals surface area contributed by atoms with Crippen LogP contribution in [0.5, 0.6) is 5.75 Å². The average Bonchev–Trinajstić information content (AvgIpc) is 2.49. The largest absolute Gasteiger partial charge is 0.493 e. The van der Waals surface area contributed by atoms with Crippen molar-refractivity contribution in [2.45, 2.75) is 6.92 Å². The fourth-order valence-electron chi connectivity index (χ4n) is 1.86. The van der Waals surface area contributed by atoms with Gasteiger partial charge in [0.2, 0.25) is 0 Å². The van der Waals surface area contributed by atoms with Gasteiger partial charge in [0.25, 0.3) is 11.6 Å². The molecule has 22 heavy (non-hydrogen) atoms. The molecule has 0 unspecified atom stereocenters. The molecule has 0 aliphatic carbocycles. The summed E-state index contributed by atoms with van der Waals surface area (Å²) < 4.78 is 5.39. The predicted molar refractivity (Wildman–Crippen MR) is 83.7 cm³/mol. The van der Waals surface area contributed by atoms with Crippen molar-refractivity contribution in [2.75, 3.05) is 11.9 Å². The molecule has 0 saturated heterocycles. The molecule has 7 heteroatoms. The smallest absolute Gasteiger partial charge is 0.271 e. The predicted octanol–water partition coefficient (Wildman–Crippen LogP) is 3.90. The lowest BCUT2D eigenvalue weighted by Gasteiger charge is -2.11. The molecule has 2 aromatic carbocycles. The van der Waals surface area contributed by atoms with Gasteiger partial charge in [-0.15, -0.1) is 0 Å². The van der Waals surface area contributed by atoms with Crippen LogP contribution in [0.1, 0.15) is 17.3 Å². The Morgan fingerprint density at radius 2 is 2.09 bits per heavy atom. The van der Waals surface area contributed by atoms with E-state index in [-0.39, 0.29) is 11.3 Å². The van der Waals surface area contributed by atoms with Crippen molar-refractivity contribution in [3.8, 4) is 5.75 Å². The number of benzene rings is 2. The minimum Gasteiger partial charge on any atom is -0.493 e. The summed E-state index contributed by atoms with van der Waals surface area (Å²) in [4.78, 5) is 22.5. The summed E-state index contributed by atoms with van der Waals surface area (Å²) in [5.74, 6) is -0.0544. The first-order valence-corrected chi connectivity index (χ1v) is 6.87. The number of non-ortho nitro benzene ring substituents is 1. The van der Waals surface area contributed by atoms with Crippen LogP contribution in [0.3, 0.4) is 0 Å². The highest BCUT2D eigenvalue weighted by atomic mass is 35.5. The fourth-order valence-corrected chi connectivity index (χ4v) is 2.03. The van der Waals surface area contributed by atoms with Crippen LogP contribution in [0, 0.1) is 10.1 Å². The molecule has 0 radical (unpaired) electrons. The second kappa shape index (κ2) is 6.91. The van der Waals surface area contributed by atoms with E-state index in [1.807, 2.05) is 0 Å². The number of nitro groups is 1. The maximum atomic E-state index is 12.3. The Morgan fingerprint density at radius 1 is 1.32 bits per heavy atom. The molecular formula is C15H13ClN2O4. The van der Waals surface area contributed by atoms with Crippen molar-refractivity contribution in [3.63, 3.8) is 0 Å². The highest BCUT2D eigenvalue weighted by Crippen LogP contribution is 2.25. The van der Waals surface area contributed by atoms with E-state index < -0.39 is 10.8 Å². The lowest BCUT2D eigenvalue weighted by Crippen LogP contribution is -2.13. The summed E-state index contributed by atoms with van der Waals surface area (Å²) in [6.07, 6.45) is 0. The van der Waals surface area contributed by atoms with Gasteiger partial charge in [-0.2, -0.15) is 0 Å². The molecule has 0 saturated carbocycles. The third kappa shape index (κ3) is 3.73. The van der Waals surface area contributed by atoms with E-state index in [4.69, 9.17) is 16.3 Å². The van der Waals surface area contributed by atoms with Gasteiger partial charge < -0.3 is 10.1 Å². The first-order valence-electron chi connectivity index (χ1n) is 6.49. The molecule has 0 aromatic heterocycles. The van der Waals surface area contributed by atoms with Gasteiger partial charge in [0.15, 0.2) is 0 Å². The first-order chi connectivity index (χ1) is 10.5. The third-order valence-corrected chi connectivity index (χ3v) is 3.04. The SMILES string of the molecule is CCOc1ccc(Cl)cc1C(=O)Nc1cccc([N+](=O)[O-])c1. The number of rotatable bonds is 5. The summed E-state index contributed by atoms with van der Waals surface area (Å²) >= 11 is 5.91. The Balaban J connectivity index is 2.27. The maximum absolute atomic E-state index is 12.3. The van der Waals surface area contributed by atoms with E-state index in [1.165, 1.54) is 24.3 Å². The molecule has 0 bridgehead atoms. The van der Waals surface area contributed by atoms with Crippen molar-refractivity contribution < 1.29 is 14.5 Å². The average molecular weight is 321 g/mol. The third-order valence-electron chi connectivity index (χ3n) is 2.80. The van der Waals surface area contributed by atoms with Gasteiger partial charge in [0.05, 0.1) is 17.1 Å². The normalized spacial score (nSPS) is 10.1. The molecule has 2 aromatic rings. The number of hydrogen-bond donors (Lipinski definition) is 1. The van der Waals surface area contributed by atoms with Crippen LogP contribution in [0.15, 0.2) is 42.5 Å². The number of amides is 1. The first kappa shape index (κ1) is 15.8. The second-order valence-electron chi connectivity index (χ2n) is 4.34. The monoisotopic (exact) mass is 320 g/mol. The van der Waals surface area contributed by atoms with Crippen LogP contribution in [0.25, 0.3) is 0 Å². The van der Waals surface area contributed by atoms with Gasteiger partial charge in [-0.05, 0) is 31.2 Å². The molecule has 114 valence electrons. The molecule has 0 aliphatic rings. The van der Waals surface area contributed by atoms with E-state index in [9.17, 15) is 14.9 Å². The Morgan fingerprint density at radius 3 is 2.77 bits per heavy atom. The highest BCUT2D eigenvalue weighted by Gasteiger charge is 2.15. The summed E-state index contributed by atoms with van der Waals surface area (Å²) in [5, 5.41) is 13.7. The molecule has 6 nitrogen and oxygen atoms in total. The number of ether oxygens (including phenoxy) is 1. The topological polar surface area (TPSA) is 81.5 Å². The lowest BCUT2D eigenvalue weighted by molar-refractivity contribution is -0.384. The van der Waals surface area contributed by atoms with Crippen molar-refractivity contribution >= 4 is 28.9 Å². The van der Waals surface area contributed by atoms with Crippen molar-refractivity contribution in [3.05, 3.63) is 63.2 Å². The van der Waals surface area contributed by atoms with Crippen molar-refractivity contribution in [1.29, 1.82) is 0 Å². The number of nitrogens with zero attached hydrogens (tertiary/aromatic N) is 1. The molecule has 1 amide bonds. The van der Waals surface area contributed by atoms with Gasteiger partial charge in [-0.3, -0.25) is 14.9 Å². The van der Waals surface area contributed by atoms with Crippen LogP contribution in [-0.2, 0) is 0 Å². The van der Waals surface area contributed by atoms with E-state index in [1.54, 1.807) is 25.1 Å². The molecule has 0 spiro atoms. The molecule has 0 heterocycles. The minimum atomic E-state index is -0.527.